The maximum Gasteiger partial charge on any atom is 0.472 e. The minimum absolute atomic E-state index is 0.0376. The summed E-state index contributed by atoms with van der Waals surface area (Å²) in [5.74, 6) is 0.153. The molecule has 1 aliphatic rings. The number of imidazole rings is 1. The van der Waals surface area contributed by atoms with Crippen molar-refractivity contribution in [3.8, 4) is 0 Å². The van der Waals surface area contributed by atoms with Crippen LogP contribution in [0.15, 0.2) is 12.7 Å². The highest BCUT2D eigenvalue weighted by Crippen LogP contribution is 2.44. The molecule has 3 rings (SSSR count). The third-order valence-corrected chi connectivity index (χ3v) is 4.76. The number of nitrogens with two attached hydrogens (primary N) is 2. The Kier molecular flexibility index (Phi) is 5.50. The third kappa shape index (κ3) is 3.70. The zero-order valence-electron chi connectivity index (χ0n) is 13.5. The van der Waals surface area contributed by atoms with Crippen molar-refractivity contribution in [1.29, 1.82) is 0 Å². The van der Waals surface area contributed by atoms with E-state index < -0.39 is 39.0 Å². The number of rotatable bonds is 7. The highest BCUT2D eigenvalue weighted by molar-refractivity contribution is 7.47. The van der Waals surface area contributed by atoms with Crippen LogP contribution in [0.1, 0.15) is 6.23 Å². The van der Waals surface area contributed by atoms with Crippen LogP contribution >= 0.6 is 7.82 Å². The number of hydrogen-bond acceptors (Lipinski definition) is 11. The van der Waals surface area contributed by atoms with E-state index in [4.69, 9.17) is 20.7 Å². The summed E-state index contributed by atoms with van der Waals surface area (Å²) < 4.78 is 28.0. The molecular formula is C12H19N6O7P. The van der Waals surface area contributed by atoms with Crippen molar-refractivity contribution in [2.24, 2.45) is 5.73 Å². The van der Waals surface area contributed by atoms with Gasteiger partial charge in [-0.15, -0.1) is 0 Å². The van der Waals surface area contributed by atoms with Crippen molar-refractivity contribution in [3.63, 3.8) is 0 Å². The molecule has 0 saturated carbocycles. The van der Waals surface area contributed by atoms with Gasteiger partial charge in [0.2, 0.25) is 0 Å². The second kappa shape index (κ2) is 7.50. The number of aliphatic hydroxyl groups excluding tert-OH is 2. The molecule has 1 aliphatic heterocycles. The van der Waals surface area contributed by atoms with E-state index in [2.05, 4.69) is 19.5 Å². The van der Waals surface area contributed by atoms with E-state index in [1.165, 1.54) is 17.2 Å². The molecule has 0 aromatic carbocycles. The second-order valence-electron chi connectivity index (χ2n) is 5.52. The molecule has 26 heavy (non-hydrogen) atoms. The normalized spacial score (nSPS) is 28.5. The predicted octanol–water partition coefficient (Wildman–Crippen LogP) is -1.88. The van der Waals surface area contributed by atoms with Gasteiger partial charge in [-0.25, -0.2) is 19.5 Å². The Balaban J connectivity index is 1.73. The number of phosphoric ester groups is 1. The summed E-state index contributed by atoms with van der Waals surface area (Å²) in [6.07, 6.45) is -2.33. The molecule has 2 aromatic heterocycles. The summed E-state index contributed by atoms with van der Waals surface area (Å²) in [4.78, 5) is 21.4. The number of aromatic nitrogens is 4. The summed E-state index contributed by atoms with van der Waals surface area (Å²) in [6, 6.07) is 0. The number of anilines is 1. The first-order chi connectivity index (χ1) is 12.3. The number of fused-ring (bicyclic) bond motifs is 1. The van der Waals surface area contributed by atoms with Crippen LogP contribution in [0.4, 0.5) is 5.82 Å². The van der Waals surface area contributed by atoms with Gasteiger partial charge in [0.15, 0.2) is 17.7 Å². The van der Waals surface area contributed by atoms with Crippen LogP contribution in [-0.2, 0) is 18.3 Å². The van der Waals surface area contributed by atoms with Crippen LogP contribution < -0.4 is 11.5 Å². The molecule has 0 spiro atoms. The van der Waals surface area contributed by atoms with Crippen molar-refractivity contribution >= 4 is 24.8 Å². The van der Waals surface area contributed by atoms with Gasteiger partial charge in [0, 0.05) is 6.54 Å². The molecule has 1 saturated heterocycles. The number of hydrogen-bond donors (Lipinski definition) is 5. The van der Waals surface area contributed by atoms with E-state index in [1.54, 1.807) is 0 Å². The summed E-state index contributed by atoms with van der Waals surface area (Å²) in [6.45, 7) is -0.623. The maximum atomic E-state index is 11.6. The first kappa shape index (κ1) is 19.1. The van der Waals surface area contributed by atoms with E-state index in [0.717, 1.165) is 0 Å². The van der Waals surface area contributed by atoms with E-state index in [-0.39, 0.29) is 19.0 Å². The van der Waals surface area contributed by atoms with Gasteiger partial charge >= 0.3 is 7.82 Å². The second-order valence-corrected chi connectivity index (χ2v) is 6.97. The molecule has 0 bridgehead atoms. The Morgan fingerprint density at radius 2 is 2.04 bits per heavy atom. The van der Waals surface area contributed by atoms with E-state index in [9.17, 15) is 19.7 Å². The minimum atomic E-state index is -4.34. The van der Waals surface area contributed by atoms with Gasteiger partial charge in [-0.05, 0) is 0 Å². The molecule has 1 fully saturated rings. The fraction of sp³-hybridized carbons (Fsp3) is 0.583. The zero-order chi connectivity index (χ0) is 18.9. The molecule has 13 nitrogen and oxygen atoms in total. The first-order valence-corrected chi connectivity index (χ1v) is 9.10. The molecule has 0 radical (unpaired) electrons. The van der Waals surface area contributed by atoms with Crippen molar-refractivity contribution in [2.75, 3.05) is 25.5 Å². The van der Waals surface area contributed by atoms with Gasteiger partial charge in [0.25, 0.3) is 0 Å². The van der Waals surface area contributed by atoms with Gasteiger partial charge in [-0.2, -0.15) is 0 Å². The average molecular weight is 390 g/mol. The molecule has 2 aromatic rings. The average Bonchev–Trinajstić information content (AvgIpc) is 3.15. The lowest BCUT2D eigenvalue weighted by Crippen LogP contribution is -2.33. The summed E-state index contributed by atoms with van der Waals surface area (Å²) >= 11 is 0. The van der Waals surface area contributed by atoms with E-state index in [0.29, 0.717) is 11.2 Å². The Morgan fingerprint density at radius 3 is 2.77 bits per heavy atom. The number of nitrogens with zero attached hydrogens (tertiary/aromatic N) is 4. The molecule has 144 valence electrons. The monoisotopic (exact) mass is 390 g/mol. The van der Waals surface area contributed by atoms with Gasteiger partial charge in [-0.1, -0.05) is 0 Å². The molecule has 3 heterocycles. The molecule has 14 heteroatoms. The number of ether oxygens (including phenoxy) is 1. The molecule has 1 unspecified atom stereocenters. The Labute approximate surface area is 147 Å². The quantitative estimate of drug-likeness (QED) is 0.330. The smallest absolute Gasteiger partial charge is 0.387 e. The van der Waals surface area contributed by atoms with E-state index >= 15 is 0 Å². The number of nitrogen functional groups attached to an aromatic ring is 1. The Morgan fingerprint density at radius 1 is 1.27 bits per heavy atom. The van der Waals surface area contributed by atoms with Crippen molar-refractivity contribution in [1.82, 2.24) is 19.5 Å². The lowest BCUT2D eigenvalue weighted by atomic mass is 10.1. The van der Waals surface area contributed by atoms with Crippen LogP contribution in [0.25, 0.3) is 11.2 Å². The largest absolute Gasteiger partial charge is 0.472 e. The molecule has 0 amide bonds. The summed E-state index contributed by atoms with van der Waals surface area (Å²) in [5.41, 5.74) is 11.5. The third-order valence-electron chi connectivity index (χ3n) is 3.77. The van der Waals surface area contributed by atoms with Crippen molar-refractivity contribution in [2.45, 2.75) is 24.5 Å². The standard InChI is InChI=1S/C12H19N6O7P/c13-1-2-23-26(21,22)24-3-6-8(19)9(20)12(25-6)18-5-17-7-10(14)15-4-16-11(7)18/h4-6,8-9,12,19-20H,1-3,13H2,(H,21,22)(H2,14,15,16)/t6-,8-,9+,12-/m1/s1. The van der Waals surface area contributed by atoms with Crippen molar-refractivity contribution < 1.29 is 33.5 Å². The van der Waals surface area contributed by atoms with Crippen LogP contribution in [-0.4, -0.2) is 72.7 Å². The van der Waals surface area contributed by atoms with Gasteiger partial charge in [0.1, 0.15) is 30.2 Å². The molecule has 5 atom stereocenters. The summed E-state index contributed by atoms with van der Waals surface area (Å²) in [7, 11) is -4.34. The lowest BCUT2D eigenvalue weighted by molar-refractivity contribution is -0.0513. The van der Waals surface area contributed by atoms with E-state index in [1.807, 2.05) is 0 Å². The first-order valence-electron chi connectivity index (χ1n) is 7.60. The van der Waals surface area contributed by atoms with Crippen LogP contribution in [0, 0.1) is 0 Å². The maximum absolute atomic E-state index is 11.6. The van der Waals surface area contributed by atoms with Crippen LogP contribution in [0.2, 0.25) is 0 Å². The van der Waals surface area contributed by atoms with Crippen molar-refractivity contribution in [3.05, 3.63) is 12.7 Å². The zero-order valence-corrected chi connectivity index (χ0v) is 14.3. The Bertz CT molecular complexity index is 818. The fourth-order valence-electron chi connectivity index (χ4n) is 2.53. The highest BCUT2D eigenvalue weighted by Gasteiger charge is 2.45. The molecule has 7 N–H and O–H groups in total. The topological polar surface area (TPSA) is 201 Å². The fourth-order valence-corrected chi connectivity index (χ4v) is 3.27. The lowest BCUT2D eigenvalue weighted by Gasteiger charge is -2.17. The van der Waals surface area contributed by atoms with Gasteiger partial charge < -0.3 is 31.3 Å². The van der Waals surface area contributed by atoms with Gasteiger partial charge in [0.05, 0.1) is 19.5 Å². The summed E-state index contributed by atoms with van der Waals surface area (Å²) in [5, 5.41) is 20.4. The minimum Gasteiger partial charge on any atom is -0.387 e. The van der Waals surface area contributed by atoms with Gasteiger partial charge in [-0.3, -0.25) is 13.6 Å². The number of phosphoric acid groups is 1. The predicted molar refractivity (Wildman–Crippen MR) is 86.4 cm³/mol. The highest BCUT2D eigenvalue weighted by atomic mass is 31.2. The molecular weight excluding hydrogens is 371 g/mol. The SMILES string of the molecule is NCCOP(=O)(O)OC[C@H]1O[C@@H](n2cnc3c(N)ncnc32)[C@@H](O)[C@@H]1O. The van der Waals surface area contributed by atoms with Crippen LogP contribution in [0.3, 0.4) is 0 Å². The van der Waals surface area contributed by atoms with Crippen LogP contribution in [0.5, 0.6) is 0 Å². The number of aliphatic hydroxyl groups is 2. The molecule has 0 aliphatic carbocycles. The Hall–Kier alpha value is -1.70.